The maximum absolute atomic E-state index is 12.4. The van der Waals surface area contributed by atoms with Gasteiger partial charge < -0.3 is 10.6 Å². The normalized spacial score (nSPS) is 14.6. The number of piperidine rings is 1. The molecule has 3 aromatic rings. The highest BCUT2D eigenvalue weighted by Gasteiger charge is 2.18. The second kappa shape index (κ2) is 8.30. The zero-order chi connectivity index (χ0) is 17.1. The SMILES string of the molecule is Cl.O=C(Nc1cnn(C2CCNCC2)c1)c1nnc(-c2cnccn2)s1. The molecule has 4 heterocycles. The van der Waals surface area contributed by atoms with Gasteiger partial charge in [0.25, 0.3) is 5.91 Å². The van der Waals surface area contributed by atoms with Crippen molar-refractivity contribution in [2.75, 3.05) is 18.4 Å². The number of nitrogens with one attached hydrogen (secondary N) is 2. The molecule has 1 aliphatic rings. The van der Waals surface area contributed by atoms with Crippen LogP contribution in [0.15, 0.2) is 31.0 Å². The lowest BCUT2D eigenvalue weighted by atomic mass is 10.1. The molecule has 1 amide bonds. The molecule has 3 aromatic heterocycles. The van der Waals surface area contributed by atoms with E-state index >= 15 is 0 Å². The summed E-state index contributed by atoms with van der Waals surface area (Å²) in [5, 5.41) is 19.3. The lowest BCUT2D eigenvalue weighted by Crippen LogP contribution is -2.29. The largest absolute Gasteiger partial charge is 0.317 e. The van der Waals surface area contributed by atoms with Crippen LogP contribution in [0.2, 0.25) is 0 Å². The van der Waals surface area contributed by atoms with Crippen molar-refractivity contribution in [1.82, 2.24) is 35.3 Å². The van der Waals surface area contributed by atoms with E-state index in [9.17, 15) is 4.79 Å². The summed E-state index contributed by atoms with van der Waals surface area (Å²) in [5.74, 6) is -0.308. The monoisotopic (exact) mass is 392 g/mol. The van der Waals surface area contributed by atoms with Crippen molar-refractivity contribution in [2.45, 2.75) is 18.9 Å². The number of hydrogen-bond acceptors (Lipinski definition) is 8. The number of carbonyl (C=O) groups is 1. The van der Waals surface area contributed by atoms with E-state index in [4.69, 9.17) is 0 Å². The van der Waals surface area contributed by atoms with Crippen LogP contribution < -0.4 is 10.6 Å². The highest BCUT2D eigenvalue weighted by Crippen LogP contribution is 2.22. The van der Waals surface area contributed by atoms with Gasteiger partial charge >= 0.3 is 0 Å². The standard InChI is InChI=1S/C15H16N8OS.ClH/c24-13(15-22-21-14(25-15)12-8-17-5-6-18-12)20-10-7-19-23(9-10)11-1-3-16-4-2-11;/h5-9,11,16H,1-4H2,(H,20,24);1H. The van der Waals surface area contributed by atoms with Crippen LogP contribution in [0.5, 0.6) is 0 Å². The van der Waals surface area contributed by atoms with Gasteiger partial charge in [0.2, 0.25) is 5.01 Å². The molecule has 0 aliphatic carbocycles. The molecule has 0 aromatic carbocycles. The van der Waals surface area contributed by atoms with Crippen LogP contribution >= 0.6 is 23.7 Å². The van der Waals surface area contributed by atoms with E-state index in [2.05, 4.69) is 35.9 Å². The predicted octanol–water partition coefficient (Wildman–Crippen LogP) is 1.79. The van der Waals surface area contributed by atoms with Gasteiger partial charge in [-0.05, 0) is 25.9 Å². The van der Waals surface area contributed by atoms with E-state index in [0.717, 1.165) is 25.9 Å². The van der Waals surface area contributed by atoms with Gasteiger partial charge in [-0.2, -0.15) is 5.10 Å². The van der Waals surface area contributed by atoms with Gasteiger partial charge in [0.15, 0.2) is 5.01 Å². The topological polar surface area (TPSA) is 111 Å². The Kier molecular flexibility index (Phi) is 5.86. The number of anilines is 1. The van der Waals surface area contributed by atoms with Crippen molar-refractivity contribution >= 4 is 35.3 Å². The number of halogens is 1. The summed E-state index contributed by atoms with van der Waals surface area (Å²) in [6.07, 6.45) is 10.3. The number of nitrogens with zero attached hydrogens (tertiary/aromatic N) is 6. The molecule has 9 nitrogen and oxygen atoms in total. The van der Waals surface area contributed by atoms with Gasteiger partial charge in [-0.25, -0.2) is 0 Å². The second-order valence-corrected chi connectivity index (χ2v) is 6.62. The number of carbonyl (C=O) groups excluding carboxylic acids is 1. The van der Waals surface area contributed by atoms with Gasteiger partial charge in [0.1, 0.15) is 5.69 Å². The van der Waals surface area contributed by atoms with E-state index in [0.29, 0.717) is 22.4 Å². The molecular formula is C15H17ClN8OS. The second-order valence-electron chi connectivity index (χ2n) is 5.65. The van der Waals surface area contributed by atoms with Crippen LogP contribution in [0.25, 0.3) is 10.7 Å². The molecule has 0 bridgehead atoms. The van der Waals surface area contributed by atoms with Crippen molar-refractivity contribution < 1.29 is 4.79 Å². The molecule has 0 atom stereocenters. The van der Waals surface area contributed by atoms with E-state index < -0.39 is 0 Å². The Morgan fingerprint density at radius 3 is 2.85 bits per heavy atom. The predicted molar refractivity (Wildman–Crippen MR) is 99.5 cm³/mol. The third-order valence-corrected chi connectivity index (χ3v) is 4.89. The summed E-state index contributed by atoms with van der Waals surface area (Å²) in [7, 11) is 0. The zero-order valence-corrected chi connectivity index (χ0v) is 15.3. The first-order chi connectivity index (χ1) is 12.3. The fourth-order valence-corrected chi connectivity index (χ4v) is 3.39. The minimum absolute atomic E-state index is 0. The van der Waals surface area contributed by atoms with Gasteiger partial charge in [-0.1, -0.05) is 11.3 Å². The summed E-state index contributed by atoms with van der Waals surface area (Å²) in [4.78, 5) is 20.5. The van der Waals surface area contributed by atoms with E-state index in [1.54, 1.807) is 24.8 Å². The third-order valence-electron chi connectivity index (χ3n) is 3.94. The van der Waals surface area contributed by atoms with Crippen LogP contribution in [-0.2, 0) is 0 Å². The van der Waals surface area contributed by atoms with Gasteiger partial charge in [0, 0.05) is 18.6 Å². The van der Waals surface area contributed by atoms with Gasteiger partial charge in [-0.15, -0.1) is 22.6 Å². The molecule has 2 N–H and O–H groups in total. The number of aromatic nitrogens is 6. The van der Waals surface area contributed by atoms with Crippen LogP contribution in [0.3, 0.4) is 0 Å². The number of amides is 1. The molecule has 136 valence electrons. The highest BCUT2D eigenvalue weighted by atomic mass is 35.5. The maximum Gasteiger partial charge on any atom is 0.286 e. The molecule has 1 fully saturated rings. The summed E-state index contributed by atoms with van der Waals surface area (Å²) in [6.45, 7) is 1.98. The first-order valence-electron chi connectivity index (χ1n) is 7.96. The van der Waals surface area contributed by atoms with Crippen LogP contribution in [0.1, 0.15) is 28.7 Å². The third kappa shape index (κ3) is 4.03. The summed E-state index contributed by atoms with van der Waals surface area (Å²) >= 11 is 1.18. The average Bonchev–Trinajstić information content (AvgIpc) is 3.33. The minimum Gasteiger partial charge on any atom is -0.317 e. The molecule has 11 heteroatoms. The molecule has 26 heavy (non-hydrogen) atoms. The van der Waals surface area contributed by atoms with Crippen molar-refractivity contribution in [3.8, 4) is 10.7 Å². The Morgan fingerprint density at radius 2 is 2.08 bits per heavy atom. The molecule has 1 saturated heterocycles. The Bertz CT molecular complexity index is 861. The fourth-order valence-electron chi connectivity index (χ4n) is 2.69. The van der Waals surface area contributed by atoms with Gasteiger partial charge in [-0.3, -0.25) is 19.4 Å². The smallest absolute Gasteiger partial charge is 0.286 e. The van der Waals surface area contributed by atoms with E-state index in [1.165, 1.54) is 11.3 Å². The van der Waals surface area contributed by atoms with Crippen LogP contribution in [0.4, 0.5) is 5.69 Å². The summed E-state index contributed by atoms with van der Waals surface area (Å²) in [6, 6.07) is 0.372. The molecular weight excluding hydrogens is 376 g/mol. The minimum atomic E-state index is -0.308. The molecule has 0 radical (unpaired) electrons. The number of hydrogen-bond donors (Lipinski definition) is 2. The van der Waals surface area contributed by atoms with Crippen molar-refractivity contribution in [2.24, 2.45) is 0 Å². The summed E-state index contributed by atoms with van der Waals surface area (Å²) < 4.78 is 1.92. The fraction of sp³-hybridized carbons (Fsp3) is 0.333. The van der Waals surface area contributed by atoms with Gasteiger partial charge in [0.05, 0.1) is 24.1 Å². The average molecular weight is 393 g/mol. The Labute approximate surface area is 159 Å². The van der Waals surface area contributed by atoms with Crippen LogP contribution in [-0.4, -0.2) is 48.9 Å². The molecule has 1 aliphatic heterocycles. The highest BCUT2D eigenvalue weighted by molar-refractivity contribution is 7.16. The Morgan fingerprint density at radius 1 is 1.23 bits per heavy atom. The maximum atomic E-state index is 12.4. The quantitative estimate of drug-likeness (QED) is 0.696. The number of rotatable bonds is 4. The van der Waals surface area contributed by atoms with Crippen LogP contribution in [0, 0.1) is 0 Å². The van der Waals surface area contributed by atoms with Crippen molar-refractivity contribution in [3.05, 3.63) is 36.0 Å². The molecule has 0 spiro atoms. The van der Waals surface area contributed by atoms with Crippen molar-refractivity contribution in [1.29, 1.82) is 0 Å². The molecule has 0 unspecified atom stereocenters. The zero-order valence-electron chi connectivity index (χ0n) is 13.7. The van der Waals surface area contributed by atoms with E-state index in [-0.39, 0.29) is 23.3 Å². The van der Waals surface area contributed by atoms with Crippen molar-refractivity contribution in [3.63, 3.8) is 0 Å². The molecule has 4 rings (SSSR count). The Hall–Kier alpha value is -2.43. The Balaban J connectivity index is 0.00000196. The van der Waals surface area contributed by atoms with E-state index in [1.807, 2.05) is 10.9 Å². The lowest BCUT2D eigenvalue weighted by Gasteiger charge is -2.22. The molecule has 0 saturated carbocycles. The first-order valence-corrected chi connectivity index (χ1v) is 8.77. The summed E-state index contributed by atoms with van der Waals surface area (Å²) in [5.41, 5.74) is 1.25. The lowest BCUT2D eigenvalue weighted by molar-refractivity contribution is 0.102. The first kappa shape index (κ1) is 18.4.